The molecule has 3 nitrogen and oxygen atoms in total. The van der Waals surface area contributed by atoms with Gasteiger partial charge in [0.2, 0.25) is 0 Å². The second kappa shape index (κ2) is 12.7. The molecule has 0 saturated heterocycles. The summed E-state index contributed by atoms with van der Waals surface area (Å²) in [7, 11) is 0. The van der Waals surface area contributed by atoms with Gasteiger partial charge in [-0.2, -0.15) is 5.26 Å². The lowest BCUT2D eigenvalue weighted by atomic mass is 9.89. The smallest absolute Gasteiger partial charge is 0.160 e. The topological polar surface area (TPSA) is 49.6 Å². The molecule has 1 heterocycles. The SMILES string of the molecule is N#Cc1ccc(-c2ccc(-c3cc(-c4ccc5cc(-c6ccc7ccc8cccc9ccc6c7c89)ccc5c4)nc(-c4ccccc4)n3)c3ccccc23)cc1. The predicted molar refractivity (Wildman–Crippen MR) is 233 cm³/mol. The van der Waals surface area contributed by atoms with Crippen molar-refractivity contribution >= 4 is 53.9 Å². The molecule has 11 rings (SSSR count). The fraction of sp³-hybridized carbons (Fsp3) is 0. The van der Waals surface area contributed by atoms with E-state index in [0.717, 1.165) is 55.4 Å². The van der Waals surface area contributed by atoms with E-state index in [9.17, 15) is 5.26 Å². The zero-order valence-corrected chi connectivity index (χ0v) is 30.2. The summed E-state index contributed by atoms with van der Waals surface area (Å²) in [4.78, 5) is 10.4. The number of benzene rings is 10. The maximum Gasteiger partial charge on any atom is 0.160 e. The number of aromatic nitrogens is 2. The van der Waals surface area contributed by atoms with Crippen LogP contribution >= 0.6 is 0 Å². The van der Waals surface area contributed by atoms with Crippen molar-refractivity contribution in [1.29, 1.82) is 5.26 Å². The summed E-state index contributed by atoms with van der Waals surface area (Å²) in [6.45, 7) is 0. The predicted octanol–water partition coefficient (Wildman–Crippen LogP) is 13.9. The molecule has 0 amide bonds. The summed E-state index contributed by atoms with van der Waals surface area (Å²) < 4.78 is 0. The second-order valence-corrected chi connectivity index (χ2v) is 14.5. The molecule has 0 unspecified atom stereocenters. The lowest BCUT2D eigenvalue weighted by Crippen LogP contribution is -1.97. The molecule has 56 heavy (non-hydrogen) atoms. The maximum atomic E-state index is 9.36. The lowest BCUT2D eigenvalue weighted by Gasteiger charge is -2.15. The Hall–Kier alpha value is -7.67. The summed E-state index contributed by atoms with van der Waals surface area (Å²) >= 11 is 0. The summed E-state index contributed by atoms with van der Waals surface area (Å²) in [6.07, 6.45) is 0. The zero-order valence-electron chi connectivity index (χ0n) is 30.2. The minimum Gasteiger partial charge on any atom is -0.228 e. The van der Waals surface area contributed by atoms with Gasteiger partial charge in [0, 0.05) is 16.7 Å². The van der Waals surface area contributed by atoms with Crippen molar-refractivity contribution in [2.24, 2.45) is 0 Å². The van der Waals surface area contributed by atoms with Crippen molar-refractivity contribution in [3.63, 3.8) is 0 Å². The fourth-order valence-corrected chi connectivity index (χ4v) is 8.51. The van der Waals surface area contributed by atoms with Crippen molar-refractivity contribution < 1.29 is 0 Å². The number of hydrogen-bond donors (Lipinski definition) is 0. The molecule has 0 saturated carbocycles. The van der Waals surface area contributed by atoms with Crippen LogP contribution in [0.1, 0.15) is 5.56 Å². The monoisotopic (exact) mass is 709 g/mol. The van der Waals surface area contributed by atoms with Crippen LogP contribution in [-0.2, 0) is 0 Å². The molecule has 0 N–H and O–H groups in total. The van der Waals surface area contributed by atoms with Gasteiger partial charge in [-0.1, -0.05) is 158 Å². The highest BCUT2D eigenvalue weighted by Gasteiger charge is 2.16. The second-order valence-electron chi connectivity index (χ2n) is 14.5. The average molecular weight is 710 g/mol. The van der Waals surface area contributed by atoms with Crippen LogP contribution in [-0.4, -0.2) is 9.97 Å². The number of fused-ring (bicyclic) bond motifs is 2. The van der Waals surface area contributed by atoms with Crippen LogP contribution in [0, 0.1) is 11.3 Å². The first-order chi connectivity index (χ1) is 27.7. The van der Waals surface area contributed by atoms with Crippen LogP contribution < -0.4 is 0 Å². The van der Waals surface area contributed by atoms with Crippen LogP contribution in [0.4, 0.5) is 0 Å². The molecule has 1 aromatic heterocycles. The Morgan fingerprint density at radius 2 is 0.893 bits per heavy atom. The van der Waals surface area contributed by atoms with Gasteiger partial charge >= 0.3 is 0 Å². The summed E-state index contributed by atoms with van der Waals surface area (Å²) in [6, 6.07) is 68.7. The normalized spacial score (nSPS) is 11.6. The zero-order chi connectivity index (χ0) is 37.2. The Bertz CT molecular complexity index is 3340. The third-order valence-corrected chi connectivity index (χ3v) is 11.3. The number of nitriles is 1. The Balaban J connectivity index is 1.03. The molecule has 10 aromatic carbocycles. The molecule has 0 atom stereocenters. The van der Waals surface area contributed by atoms with Crippen molar-refractivity contribution in [1.82, 2.24) is 9.97 Å². The van der Waals surface area contributed by atoms with E-state index in [2.05, 4.69) is 152 Å². The molecular weight excluding hydrogens is 679 g/mol. The van der Waals surface area contributed by atoms with E-state index in [1.807, 2.05) is 42.5 Å². The van der Waals surface area contributed by atoms with Crippen molar-refractivity contribution in [3.8, 4) is 62.2 Å². The summed E-state index contributed by atoms with van der Waals surface area (Å²) in [5, 5.41) is 21.7. The van der Waals surface area contributed by atoms with E-state index in [1.165, 1.54) is 48.8 Å². The van der Waals surface area contributed by atoms with Gasteiger partial charge in [0.05, 0.1) is 23.0 Å². The van der Waals surface area contributed by atoms with Gasteiger partial charge < -0.3 is 0 Å². The molecule has 0 spiro atoms. The molecule has 0 aliphatic rings. The molecule has 0 bridgehead atoms. The maximum absolute atomic E-state index is 9.36. The molecule has 0 aliphatic heterocycles. The first kappa shape index (κ1) is 31.8. The summed E-state index contributed by atoms with van der Waals surface area (Å²) in [5.74, 6) is 0.683. The number of rotatable bonds is 5. The van der Waals surface area contributed by atoms with Crippen molar-refractivity contribution in [3.05, 3.63) is 194 Å². The van der Waals surface area contributed by atoms with Crippen LogP contribution in [0.2, 0.25) is 0 Å². The van der Waals surface area contributed by atoms with Gasteiger partial charge in [0.15, 0.2) is 5.82 Å². The van der Waals surface area contributed by atoms with E-state index >= 15 is 0 Å². The molecule has 0 radical (unpaired) electrons. The summed E-state index contributed by atoms with van der Waals surface area (Å²) in [5.41, 5.74) is 10.0. The van der Waals surface area contributed by atoms with Gasteiger partial charge in [0.25, 0.3) is 0 Å². The molecular formula is C53H31N3. The van der Waals surface area contributed by atoms with Gasteiger partial charge in [0.1, 0.15) is 0 Å². The fourth-order valence-electron chi connectivity index (χ4n) is 8.51. The number of nitrogens with zero attached hydrogens (tertiary/aromatic N) is 3. The first-order valence-corrected chi connectivity index (χ1v) is 18.9. The van der Waals surface area contributed by atoms with E-state index in [1.54, 1.807) is 0 Å². The quantitative estimate of drug-likeness (QED) is 0.167. The van der Waals surface area contributed by atoms with Crippen LogP contribution in [0.25, 0.3) is 110 Å². The Morgan fingerprint density at radius 1 is 0.339 bits per heavy atom. The molecule has 258 valence electrons. The van der Waals surface area contributed by atoms with E-state index in [0.29, 0.717) is 11.4 Å². The highest BCUT2D eigenvalue weighted by atomic mass is 14.9. The highest BCUT2D eigenvalue weighted by Crippen LogP contribution is 2.41. The standard InChI is InChI=1S/C53H31N3/c54-32-33-13-15-34(16-14-33)43-27-28-47(46-12-5-4-11-45(43)46)50-31-49(55-53(56-50)38-7-2-1-3-8-38)42-22-20-39-29-41(21-19-40(39)30-42)44-25-23-37-18-17-35-9-6-10-36-24-26-48(44)52(37)51(35)36/h1-31H. The van der Waals surface area contributed by atoms with Crippen LogP contribution in [0.3, 0.4) is 0 Å². The van der Waals surface area contributed by atoms with Crippen molar-refractivity contribution in [2.75, 3.05) is 0 Å². The number of hydrogen-bond acceptors (Lipinski definition) is 3. The minimum atomic E-state index is 0.648. The van der Waals surface area contributed by atoms with Gasteiger partial charge in [-0.25, -0.2) is 9.97 Å². The Labute approximate surface area is 323 Å². The average Bonchev–Trinajstić information content (AvgIpc) is 3.27. The van der Waals surface area contributed by atoms with E-state index < -0.39 is 0 Å². The van der Waals surface area contributed by atoms with E-state index in [4.69, 9.17) is 9.97 Å². The van der Waals surface area contributed by atoms with Crippen LogP contribution in [0.15, 0.2) is 188 Å². The van der Waals surface area contributed by atoms with Gasteiger partial charge in [-0.15, -0.1) is 0 Å². The molecule has 3 heteroatoms. The highest BCUT2D eigenvalue weighted by molar-refractivity contribution is 6.25. The molecule has 0 aliphatic carbocycles. The largest absolute Gasteiger partial charge is 0.228 e. The lowest BCUT2D eigenvalue weighted by molar-refractivity contribution is 1.19. The van der Waals surface area contributed by atoms with Crippen LogP contribution in [0.5, 0.6) is 0 Å². The van der Waals surface area contributed by atoms with E-state index in [-0.39, 0.29) is 0 Å². The molecule has 0 fully saturated rings. The first-order valence-electron chi connectivity index (χ1n) is 18.9. The van der Waals surface area contributed by atoms with Gasteiger partial charge in [-0.3, -0.25) is 0 Å². The third-order valence-electron chi connectivity index (χ3n) is 11.3. The van der Waals surface area contributed by atoms with Gasteiger partial charge in [-0.05, 0) is 106 Å². The Morgan fingerprint density at radius 3 is 1.66 bits per heavy atom. The minimum absolute atomic E-state index is 0.648. The Kier molecular flexibility index (Phi) is 7.23. The van der Waals surface area contributed by atoms with Crippen molar-refractivity contribution in [2.45, 2.75) is 0 Å². The third kappa shape index (κ3) is 5.20. The molecule has 11 aromatic rings.